The van der Waals surface area contributed by atoms with E-state index in [0.717, 1.165) is 24.0 Å². The van der Waals surface area contributed by atoms with E-state index < -0.39 is 62.5 Å². The first-order valence-corrected chi connectivity index (χ1v) is 12.4. The van der Waals surface area contributed by atoms with Crippen LogP contribution in [-0.2, 0) is 29.3 Å². The monoisotopic (exact) mass is 565 g/mol. The van der Waals surface area contributed by atoms with Gasteiger partial charge in [0.15, 0.2) is 0 Å². The van der Waals surface area contributed by atoms with Gasteiger partial charge in [-0.3, -0.25) is 0 Å². The molecule has 2 atom stereocenters. The van der Waals surface area contributed by atoms with Crippen molar-refractivity contribution in [3.05, 3.63) is 76.5 Å². The van der Waals surface area contributed by atoms with Gasteiger partial charge in [-0.25, -0.2) is 13.8 Å². The number of hydrogen-bond donors (Lipinski definition) is 0. The quantitative estimate of drug-likeness (QED) is 0.194. The average molecular weight is 565 g/mol. The van der Waals surface area contributed by atoms with E-state index in [1.54, 1.807) is 12.3 Å². The highest BCUT2D eigenvalue weighted by molar-refractivity contribution is 7.88. The van der Waals surface area contributed by atoms with Gasteiger partial charge in [0.1, 0.15) is 24.0 Å². The minimum absolute atomic E-state index is 0.129. The summed E-state index contributed by atoms with van der Waals surface area (Å²) >= 11 is 0. The smallest absolute Gasteiger partial charge is 0.473 e. The topological polar surface area (TPSA) is 65.5 Å². The van der Waals surface area contributed by atoms with Gasteiger partial charge in [0.2, 0.25) is 5.88 Å². The molecule has 1 saturated carbocycles. The van der Waals surface area contributed by atoms with Crippen molar-refractivity contribution in [2.24, 2.45) is 5.92 Å². The van der Waals surface area contributed by atoms with Crippen molar-refractivity contribution in [3.8, 4) is 22.8 Å². The summed E-state index contributed by atoms with van der Waals surface area (Å²) < 4.78 is 140. The lowest BCUT2D eigenvalue weighted by atomic mass is 9.96. The molecule has 2 unspecified atom stereocenters. The number of rotatable bonds is 6. The second-order valence-corrected chi connectivity index (χ2v) is 10.5. The third kappa shape index (κ3) is 4.88. The second-order valence-electron chi connectivity index (χ2n) is 8.93. The van der Waals surface area contributed by atoms with Gasteiger partial charge < -0.3 is 8.92 Å². The summed E-state index contributed by atoms with van der Waals surface area (Å²) in [5.74, 6) is -2.78. The Kier molecular flexibility index (Phi) is 6.08. The van der Waals surface area contributed by atoms with Crippen molar-refractivity contribution < 1.29 is 52.5 Å². The minimum Gasteiger partial charge on any atom is -0.473 e. The number of fused-ring (bicyclic) bond motifs is 3. The number of benzene rings is 2. The molecule has 0 spiro atoms. The number of ether oxygens (including phenoxy) is 1. The second kappa shape index (κ2) is 8.82. The van der Waals surface area contributed by atoms with E-state index in [0.29, 0.717) is 30.0 Å². The fraction of sp³-hybridized carbons (Fsp3) is 0.292. The van der Waals surface area contributed by atoms with Crippen LogP contribution in [0.25, 0.3) is 11.1 Å². The van der Waals surface area contributed by atoms with Crippen LogP contribution < -0.4 is 8.92 Å². The lowest BCUT2D eigenvalue weighted by Gasteiger charge is -2.17. The molecule has 3 aromatic rings. The molecule has 0 radical (unpaired) electrons. The number of alkyl halides is 6. The van der Waals surface area contributed by atoms with E-state index in [1.165, 1.54) is 0 Å². The number of aromatic nitrogens is 1. The van der Waals surface area contributed by atoms with Crippen LogP contribution in [0.3, 0.4) is 0 Å². The number of hydrogen-bond acceptors (Lipinski definition) is 5. The average Bonchev–Trinajstić information content (AvgIpc) is 3.47. The largest absolute Gasteiger partial charge is 0.534 e. The molecule has 14 heteroatoms. The minimum atomic E-state index is -6.15. The van der Waals surface area contributed by atoms with E-state index in [1.807, 2.05) is 0 Å². The first kappa shape index (κ1) is 26.2. The van der Waals surface area contributed by atoms with Gasteiger partial charge in [0.05, 0.1) is 5.56 Å². The van der Waals surface area contributed by atoms with Crippen LogP contribution in [-0.4, -0.2) is 18.9 Å². The van der Waals surface area contributed by atoms with Gasteiger partial charge >= 0.3 is 21.8 Å². The molecule has 1 fully saturated rings. The standard InChI is InChI=1S/C24H15F8NO4S/c25-20-8-19(23(27,28)29)17(15-2-1-14(7-21(15)26)37-38(34,35)24(30,31)32)5-13(20)10-36-22-6-12-3-11-4-16(11)18(12)9-33-22/h1-2,5-9,11,16H,3-4,10H2. The van der Waals surface area contributed by atoms with E-state index in [-0.39, 0.29) is 23.6 Å². The maximum absolute atomic E-state index is 14.8. The summed E-state index contributed by atoms with van der Waals surface area (Å²) in [5, 5.41) is 0. The number of pyridine rings is 1. The van der Waals surface area contributed by atoms with E-state index in [4.69, 9.17) is 4.74 Å². The van der Waals surface area contributed by atoms with E-state index in [9.17, 15) is 43.5 Å². The Morgan fingerprint density at radius 2 is 1.68 bits per heavy atom. The SMILES string of the molecule is O=S(=O)(Oc1ccc(-c2cc(COc3cc4c(cn3)C3CC3C4)c(F)cc2C(F)(F)F)c(F)c1)C(F)(F)F. The molecular formula is C24H15F8NO4S. The summed E-state index contributed by atoms with van der Waals surface area (Å²) in [7, 11) is -6.15. The van der Waals surface area contributed by atoms with Crippen molar-refractivity contribution >= 4 is 10.1 Å². The highest BCUT2D eigenvalue weighted by Gasteiger charge is 2.49. The van der Waals surface area contributed by atoms with Crippen molar-refractivity contribution in [1.29, 1.82) is 0 Å². The summed E-state index contributed by atoms with van der Waals surface area (Å²) in [6.45, 7) is -0.553. The number of halogens is 8. The zero-order valence-electron chi connectivity index (χ0n) is 18.8. The molecule has 5 rings (SSSR count). The molecule has 1 heterocycles. The molecule has 5 nitrogen and oxygen atoms in total. The molecule has 2 aromatic carbocycles. The summed E-state index contributed by atoms with van der Waals surface area (Å²) in [6, 6.07) is 3.84. The van der Waals surface area contributed by atoms with Crippen LogP contribution in [0, 0.1) is 17.6 Å². The van der Waals surface area contributed by atoms with Gasteiger partial charge in [0.25, 0.3) is 0 Å². The summed E-state index contributed by atoms with van der Waals surface area (Å²) in [4.78, 5) is 4.15. The summed E-state index contributed by atoms with van der Waals surface area (Å²) in [6.07, 6.45) is -1.55. The Labute approximate surface area is 210 Å². The lowest BCUT2D eigenvalue weighted by molar-refractivity contribution is -0.137. The number of nitrogens with zero attached hydrogens (tertiary/aromatic N) is 1. The summed E-state index contributed by atoms with van der Waals surface area (Å²) in [5.41, 5.74) is -7.25. The Morgan fingerprint density at radius 1 is 0.947 bits per heavy atom. The van der Waals surface area contributed by atoms with Crippen LogP contribution in [0.15, 0.2) is 42.6 Å². The Morgan fingerprint density at radius 3 is 2.34 bits per heavy atom. The van der Waals surface area contributed by atoms with Crippen molar-refractivity contribution in [2.75, 3.05) is 0 Å². The van der Waals surface area contributed by atoms with E-state index >= 15 is 0 Å². The van der Waals surface area contributed by atoms with Crippen LogP contribution in [0.2, 0.25) is 0 Å². The maximum atomic E-state index is 14.8. The van der Waals surface area contributed by atoms with Gasteiger partial charge in [-0.1, -0.05) is 0 Å². The van der Waals surface area contributed by atoms with Gasteiger partial charge in [-0.05, 0) is 65.6 Å². The molecule has 0 amide bonds. The maximum Gasteiger partial charge on any atom is 0.534 e. The zero-order valence-corrected chi connectivity index (χ0v) is 19.6. The Hall–Kier alpha value is -3.42. The predicted molar refractivity (Wildman–Crippen MR) is 116 cm³/mol. The Bertz CT molecular complexity index is 1540. The molecule has 1 aromatic heterocycles. The van der Waals surface area contributed by atoms with Gasteiger partial charge in [-0.15, -0.1) is 0 Å². The third-order valence-electron chi connectivity index (χ3n) is 6.39. The fourth-order valence-corrected chi connectivity index (χ4v) is 4.94. The molecule has 202 valence electrons. The first-order chi connectivity index (χ1) is 17.6. The molecule has 0 aliphatic heterocycles. The fourth-order valence-electron chi connectivity index (χ4n) is 4.49. The molecule has 0 bridgehead atoms. The first-order valence-electron chi connectivity index (χ1n) is 11.0. The normalized spacial score (nSPS) is 18.6. The molecule has 38 heavy (non-hydrogen) atoms. The van der Waals surface area contributed by atoms with Crippen LogP contribution in [0.5, 0.6) is 11.6 Å². The highest BCUT2D eigenvalue weighted by atomic mass is 32.2. The van der Waals surface area contributed by atoms with Crippen molar-refractivity contribution in [2.45, 2.75) is 37.1 Å². The molecule has 0 saturated heterocycles. The molecular weight excluding hydrogens is 550 g/mol. The van der Waals surface area contributed by atoms with Crippen molar-refractivity contribution in [1.82, 2.24) is 4.98 Å². The predicted octanol–water partition coefficient (Wildman–Crippen LogP) is 6.51. The zero-order chi connectivity index (χ0) is 27.6. The van der Waals surface area contributed by atoms with Gasteiger partial charge in [-0.2, -0.15) is 34.8 Å². The Balaban J connectivity index is 1.45. The van der Waals surface area contributed by atoms with Gasteiger partial charge in [0, 0.05) is 29.5 Å². The molecule has 0 N–H and O–H groups in total. The van der Waals surface area contributed by atoms with E-state index in [2.05, 4.69) is 9.17 Å². The molecule has 2 aliphatic rings. The van der Waals surface area contributed by atoms with Crippen LogP contribution in [0.1, 0.15) is 34.6 Å². The third-order valence-corrected chi connectivity index (χ3v) is 7.37. The molecule has 2 aliphatic carbocycles. The van der Waals surface area contributed by atoms with Crippen LogP contribution in [0.4, 0.5) is 35.1 Å². The lowest BCUT2D eigenvalue weighted by Crippen LogP contribution is -2.28. The van der Waals surface area contributed by atoms with Crippen molar-refractivity contribution in [3.63, 3.8) is 0 Å². The van der Waals surface area contributed by atoms with Crippen LogP contribution >= 0.6 is 0 Å². The highest BCUT2D eigenvalue weighted by Crippen LogP contribution is 2.56.